The third-order valence-electron chi connectivity index (χ3n) is 3.93. The van der Waals surface area contributed by atoms with Gasteiger partial charge in [-0.2, -0.15) is 18.3 Å². The number of aryl methyl sites for hydroxylation is 1. The van der Waals surface area contributed by atoms with Crippen LogP contribution < -0.4 is 5.32 Å². The molecule has 2 rings (SSSR count). The summed E-state index contributed by atoms with van der Waals surface area (Å²) in [5, 5.41) is 6.99. The number of nitrogens with one attached hydrogen (secondary N) is 1. The van der Waals surface area contributed by atoms with Crippen molar-refractivity contribution < 1.29 is 17.9 Å². The first-order valence-electron chi connectivity index (χ1n) is 7.92. The van der Waals surface area contributed by atoms with E-state index in [1.807, 2.05) is 13.8 Å². The summed E-state index contributed by atoms with van der Waals surface area (Å²) >= 11 is 0. The second kappa shape index (κ2) is 7.46. The van der Waals surface area contributed by atoms with E-state index < -0.39 is 11.9 Å². The van der Waals surface area contributed by atoms with Crippen LogP contribution in [0.3, 0.4) is 0 Å². The van der Waals surface area contributed by atoms with Gasteiger partial charge in [0, 0.05) is 24.4 Å². The number of rotatable bonds is 6. The van der Waals surface area contributed by atoms with Gasteiger partial charge in [0.1, 0.15) is 6.23 Å². The van der Waals surface area contributed by atoms with E-state index in [4.69, 9.17) is 4.74 Å². The minimum Gasteiger partial charge on any atom is -0.357 e. The van der Waals surface area contributed by atoms with Gasteiger partial charge >= 0.3 is 6.18 Å². The first-order chi connectivity index (χ1) is 10.4. The van der Waals surface area contributed by atoms with Gasteiger partial charge in [0.25, 0.3) is 0 Å². The largest absolute Gasteiger partial charge is 0.435 e. The number of hydrogen-bond donors (Lipinski definition) is 1. The quantitative estimate of drug-likeness (QED) is 0.872. The molecule has 126 valence electrons. The molecule has 0 amide bonds. The molecule has 1 N–H and O–H groups in total. The molecule has 1 aromatic rings. The second-order valence-electron chi connectivity index (χ2n) is 5.80. The van der Waals surface area contributed by atoms with Gasteiger partial charge in [0.05, 0.1) is 0 Å². The van der Waals surface area contributed by atoms with Crippen LogP contribution in [0.25, 0.3) is 0 Å². The van der Waals surface area contributed by atoms with Crippen molar-refractivity contribution in [1.29, 1.82) is 0 Å². The van der Waals surface area contributed by atoms with Crippen LogP contribution in [0.15, 0.2) is 6.20 Å². The molecule has 0 aromatic carbocycles. The van der Waals surface area contributed by atoms with Gasteiger partial charge in [-0.05, 0) is 45.6 Å². The first kappa shape index (κ1) is 17.3. The molecule has 0 radical (unpaired) electrons. The summed E-state index contributed by atoms with van der Waals surface area (Å²) in [6, 6.07) is 0.181. The number of nitrogens with zero attached hydrogens (tertiary/aromatic N) is 2. The van der Waals surface area contributed by atoms with Crippen molar-refractivity contribution in [2.75, 3.05) is 13.2 Å². The van der Waals surface area contributed by atoms with E-state index in [0.717, 1.165) is 19.4 Å². The maximum Gasteiger partial charge on any atom is 0.435 e. The van der Waals surface area contributed by atoms with Crippen LogP contribution in [0.1, 0.15) is 57.0 Å². The van der Waals surface area contributed by atoms with E-state index in [1.165, 1.54) is 10.9 Å². The monoisotopic (exact) mass is 319 g/mol. The Balaban J connectivity index is 2.13. The molecule has 1 unspecified atom stereocenters. The molecule has 0 saturated carbocycles. The molecule has 22 heavy (non-hydrogen) atoms. The van der Waals surface area contributed by atoms with E-state index in [-0.39, 0.29) is 17.8 Å². The minimum atomic E-state index is -4.42. The lowest BCUT2D eigenvalue weighted by Gasteiger charge is -2.22. The minimum absolute atomic E-state index is 0.181. The fourth-order valence-electron chi connectivity index (χ4n) is 2.75. The molecule has 2 atom stereocenters. The van der Waals surface area contributed by atoms with Crippen LogP contribution in [-0.2, 0) is 17.3 Å². The van der Waals surface area contributed by atoms with Crippen molar-refractivity contribution in [3.8, 4) is 0 Å². The molecule has 2 heterocycles. The summed E-state index contributed by atoms with van der Waals surface area (Å²) in [7, 11) is 0. The van der Waals surface area contributed by atoms with Crippen LogP contribution in [0.5, 0.6) is 0 Å². The summed E-state index contributed by atoms with van der Waals surface area (Å²) in [6.07, 6.45) is 0.356. The smallest absolute Gasteiger partial charge is 0.357 e. The summed E-state index contributed by atoms with van der Waals surface area (Å²) in [6.45, 7) is 5.35. The predicted molar refractivity (Wildman–Crippen MR) is 77.5 cm³/mol. The third-order valence-corrected chi connectivity index (χ3v) is 3.93. The van der Waals surface area contributed by atoms with Gasteiger partial charge in [-0.1, -0.05) is 6.92 Å². The van der Waals surface area contributed by atoms with Crippen LogP contribution in [-0.4, -0.2) is 29.0 Å². The van der Waals surface area contributed by atoms with Crippen molar-refractivity contribution in [3.05, 3.63) is 17.5 Å². The number of aromatic nitrogens is 2. The van der Waals surface area contributed by atoms with Gasteiger partial charge in [0.15, 0.2) is 5.69 Å². The highest BCUT2D eigenvalue weighted by molar-refractivity contribution is 5.20. The fraction of sp³-hybridized carbons (Fsp3) is 0.800. The summed E-state index contributed by atoms with van der Waals surface area (Å²) in [5.41, 5.74) is -0.517. The molecular weight excluding hydrogens is 295 g/mol. The molecule has 7 heteroatoms. The summed E-state index contributed by atoms with van der Waals surface area (Å²) < 4.78 is 46.4. The Kier molecular flexibility index (Phi) is 5.86. The Hall–Kier alpha value is -1.08. The van der Waals surface area contributed by atoms with Crippen LogP contribution >= 0.6 is 0 Å². The number of halogens is 3. The summed E-state index contributed by atoms with van der Waals surface area (Å²) in [4.78, 5) is 0. The highest BCUT2D eigenvalue weighted by Crippen LogP contribution is 2.33. The highest BCUT2D eigenvalue weighted by atomic mass is 19.4. The molecule has 0 spiro atoms. The van der Waals surface area contributed by atoms with Gasteiger partial charge in [0.2, 0.25) is 0 Å². The lowest BCUT2D eigenvalue weighted by Crippen LogP contribution is -2.26. The molecular formula is C15H24F3N3O. The second-order valence-corrected chi connectivity index (χ2v) is 5.80. The van der Waals surface area contributed by atoms with Gasteiger partial charge in [-0.3, -0.25) is 0 Å². The number of hydrogen-bond acceptors (Lipinski definition) is 3. The Morgan fingerprint density at radius 3 is 2.82 bits per heavy atom. The van der Waals surface area contributed by atoms with Gasteiger partial charge in [-0.25, -0.2) is 4.68 Å². The molecule has 1 saturated heterocycles. The van der Waals surface area contributed by atoms with Crippen LogP contribution in [0.4, 0.5) is 13.2 Å². The van der Waals surface area contributed by atoms with Crippen molar-refractivity contribution in [2.45, 2.75) is 64.4 Å². The highest BCUT2D eigenvalue weighted by Gasteiger charge is 2.37. The maximum absolute atomic E-state index is 13.2. The average molecular weight is 319 g/mol. The molecule has 1 aliphatic rings. The molecule has 0 aliphatic carbocycles. The fourth-order valence-corrected chi connectivity index (χ4v) is 2.75. The molecule has 1 aromatic heterocycles. The normalized spacial score (nSPS) is 21.0. The lowest BCUT2D eigenvalue weighted by atomic mass is 10.1. The molecule has 1 aliphatic heterocycles. The molecule has 0 bridgehead atoms. The topological polar surface area (TPSA) is 39.1 Å². The van der Waals surface area contributed by atoms with Gasteiger partial charge < -0.3 is 10.1 Å². The van der Waals surface area contributed by atoms with Crippen molar-refractivity contribution in [1.82, 2.24) is 15.1 Å². The van der Waals surface area contributed by atoms with E-state index in [9.17, 15) is 13.2 Å². The number of ether oxygens (including phenoxy) is 1. The Morgan fingerprint density at radius 2 is 2.23 bits per heavy atom. The van der Waals surface area contributed by atoms with Crippen LogP contribution in [0, 0.1) is 0 Å². The van der Waals surface area contributed by atoms with E-state index in [2.05, 4.69) is 10.4 Å². The van der Waals surface area contributed by atoms with E-state index in [1.54, 1.807) is 0 Å². The van der Waals surface area contributed by atoms with Crippen LogP contribution in [0.2, 0.25) is 0 Å². The first-order valence-corrected chi connectivity index (χ1v) is 7.92. The molecule has 1 fully saturated rings. The third kappa shape index (κ3) is 4.46. The molecule has 4 nitrogen and oxygen atoms in total. The van der Waals surface area contributed by atoms with E-state index in [0.29, 0.717) is 25.9 Å². The summed E-state index contributed by atoms with van der Waals surface area (Å²) in [5.74, 6) is 0. The van der Waals surface area contributed by atoms with Crippen molar-refractivity contribution in [2.24, 2.45) is 0 Å². The zero-order chi connectivity index (χ0) is 16.2. The lowest BCUT2D eigenvalue weighted by molar-refractivity contribution is -0.143. The standard InChI is InChI=1S/C15H24F3N3O/c1-3-19-11(2)7-8-12-10-21(13-6-4-5-9-22-13)20-14(12)15(16,17)18/h10-11,13,19H,3-9H2,1-2H3/t11-,13?/m1/s1. The average Bonchev–Trinajstić information content (AvgIpc) is 2.91. The number of alkyl halides is 3. The Bertz CT molecular complexity index is 467. The Labute approximate surface area is 129 Å². The predicted octanol–water partition coefficient (Wildman–Crippen LogP) is 3.53. The SMILES string of the molecule is CCN[C@H](C)CCc1cn(C2CCCCO2)nc1C(F)(F)F. The van der Waals surface area contributed by atoms with E-state index >= 15 is 0 Å². The zero-order valence-electron chi connectivity index (χ0n) is 13.1. The van der Waals surface area contributed by atoms with Crippen molar-refractivity contribution in [3.63, 3.8) is 0 Å². The van der Waals surface area contributed by atoms with Gasteiger partial charge in [-0.15, -0.1) is 0 Å². The zero-order valence-corrected chi connectivity index (χ0v) is 13.1. The maximum atomic E-state index is 13.2. The van der Waals surface area contributed by atoms with Crippen molar-refractivity contribution >= 4 is 0 Å². The Morgan fingerprint density at radius 1 is 1.45 bits per heavy atom.